The number of methoxy groups -OCH3 is 1. The van der Waals surface area contributed by atoms with Gasteiger partial charge in [-0.15, -0.1) is 16.8 Å². The summed E-state index contributed by atoms with van der Waals surface area (Å²) >= 11 is 7.63. The molecule has 0 aliphatic heterocycles. The van der Waals surface area contributed by atoms with Crippen LogP contribution in [0.3, 0.4) is 0 Å². The van der Waals surface area contributed by atoms with Crippen LogP contribution in [0.5, 0.6) is 5.75 Å². The Balaban J connectivity index is 1.58. The summed E-state index contributed by atoms with van der Waals surface area (Å²) in [5, 5.41) is 10.3. The third-order valence-electron chi connectivity index (χ3n) is 4.19. The molecule has 0 radical (unpaired) electrons. The van der Waals surface area contributed by atoms with Crippen LogP contribution in [0.1, 0.15) is 5.69 Å². The Morgan fingerprint density at radius 2 is 1.96 bits per heavy atom. The van der Waals surface area contributed by atoms with Crippen LogP contribution in [0.4, 0.5) is 0 Å². The fraction of sp³-hybridized carbons (Fsp3) is 0.150. The maximum absolute atomic E-state index is 6.04. The van der Waals surface area contributed by atoms with Gasteiger partial charge in [0.05, 0.1) is 17.8 Å². The number of halogens is 1. The van der Waals surface area contributed by atoms with E-state index in [0.29, 0.717) is 17.3 Å². The second-order valence-corrected chi connectivity index (χ2v) is 7.45. The largest absolute Gasteiger partial charge is 0.497 e. The molecule has 0 atom stereocenters. The molecule has 0 fully saturated rings. The van der Waals surface area contributed by atoms with Crippen molar-refractivity contribution in [3.63, 3.8) is 0 Å². The summed E-state index contributed by atoms with van der Waals surface area (Å²) in [5.41, 5.74) is 2.79. The summed E-state index contributed by atoms with van der Waals surface area (Å²) in [6.45, 7) is 4.48. The van der Waals surface area contributed by atoms with E-state index < -0.39 is 0 Å². The number of rotatable bonds is 7. The number of fused-ring (bicyclic) bond motifs is 1. The van der Waals surface area contributed by atoms with Crippen LogP contribution in [0.25, 0.3) is 17.0 Å². The number of thioether (sulfide) groups is 1. The quantitative estimate of drug-likeness (QED) is 0.325. The molecule has 0 N–H and O–H groups in total. The molecule has 0 bridgehead atoms. The van der Waals surface area contributed by atoms with Gasteiger partial charge in [0.25, 0.3) is 0 Å². The summed E-state index contributed by atoms with van der Waals surface area (Å²) in [5.74, 6) is 2.28. The molecular weight excluding hydrogens is 394 g/mol. The maximum atomic E-state index is 6.04. The highest BCUT2D eigenvalue weighted by molar-refractivity contribution is 7.98. The molecule has 0 amide bonds. The molecule has 0 aliphatic rings. The third-order valence-corrected chi connectivity index (χ3v) is 5.41. The van der Waals surface area contributed by atoms with Gasteiger partial charge in [-0.1, -0.05) is 29.4 Å². The number of pyridine rings is 1. The van der Waals surface area contributed by atoms with Gasteiger partial charge in [-0.05, 0) is 36.4 Å². The van der Waals surface area contributed by atoms with E-state index in [1.807, 2.05) is 63.8 Å². The van der Waals surface area contributed by atoms with Gasteiger partial charge in [0.2, 0.25) is 0 Å². The lowest BCUT2D eigenvalue weighted by Gasteiger charge is -2.08. The Morgan fingerprint density at radius 1 is 1.14 bits per heavy atom. The lowest BCUT2D eigenvalue weighted by atomic mass is 10.2. The Bertz CT molecular complexity index is 1120. The Hall–Kier alpha value is -2.77. The van der Waals surface area contributed by atoms with Crippen molar-refractivity contribution in [2.24, 2.45) is 0 Å². The van der Waals surface area contributed by atoms with Gasteiger partial charge >= 0.3 is 0 Å². The summed E-state index contributed by atoms with van der Waals surface area (Å²) in [7, 11) is 1.65. The number of benzene rings is 1. The molecule has 4 aromatic rings. The molecule has 0 aliphatic carbocycles. The molecule has 1 aromatic carbocycles. The lowest BCUT2D eigenvalue weighted by Crippen LogP contribution is -2.00. The van der Waals surface area contributed by atoms with Crippen molar-refractivity contribution in [3.8, 4) is 17.1 Å². The molecular formula is C20H18ClN5OS. The van der Waals surface area contributed by atoms with E-state index in [0.717, 1.165) is 33.6 Å². The molecule has 6 nitrogen and oxygen atoms in total. The van der Waals surface area contributed by atoms with E-state index in [9.17, 15) is 0 Å². The number of nitrogens with zero attached hydrogens (tertiary/aromatic N) is 5. The van der Waals surface area contributed by atoms with Crippen molar-refractivity contribution in [2.45, 2.75) is 17.5 Å². The normalized spacial score (nSPS) is 11.1. The van der Waals surface area contributed by atoms with Crippen molar-refractivity contribution >= 4 is 29.0 Å². The minimum atomic E-state index is 0.622. The van der Waals surface area contributed by atoms with Crippen LogP contribution >= 0.6 is 23.4 Å². The van der Waals surface area contributed by atoms with Gasteiger partial charge in [0.1, 0.15) is 11.4 Å². The topological polar surface area (TPSA) is 57.2 Å². The fourth-order valence-corrected chi connectivity index (χ4v) is 3.87. The van der Waals surface area contributed by atoms with E-state index in [4.69, 9.17) is 16.3 Å². The smallest absolute Gasteiger partial charge is 0.192 e. The molecule has 0 saturated heterocycles. The zero-order valence-corrected chi connectivity index (χ0v) is 16.8. The second-order valence-electron chi connectivity index (χ2n) is 6.07. The SMILES string of the molecule is C=CCn1c(SCc2cn3cc(Cl)ccc3n2)nnc1-c1ccc(OC)cc1. The molecule has 28 heavy (non-hydrogen) atoms. The molecule has 0 unspecified atom stereocenters. The average Bonchev–Trinajstić information content (AvgIpc) is 3.30. The molecule has 142 valence electrons. The van der Waals surface area contributed by atoms with Crippen LogP contribution in [-0.4, -0.2) is 31.3 Å². The number of hydrogen-bond acceptors (Lipinski definition) is 5. The first kappa shape index (κ1) is 18.6. The minimum Gasteiger partial charge on any atom is -0.497 e. The van der Waals surface area contributed by atoms with Gasteiger partial charge in [-0.25, -0.2) is 4.98 Å². The first-order chi connectivity index (χ1) is 13.7. The number of allylic oxidation sites excluding steroid dienone is 1. The minimum absolute atomic E-state index is 0.622. The van der Waals surface area contributed by atoms with Crippen LogP contribution in [0.2, 0.25) is 5.02 Å². The van der Waals surface area contributed by atoms with Crippen molar-refractivity contribution < 1.29 is 4.74 Å². The predicted octanol–water partition coefficient (Wildman–Crippen LogP) is 4.73. The predicted molar refractivity (Wildman–Crippen MR) is 112 cm³/mol. The van der Waals surface area contributed by atoms with Gasteiger partial charge in [-0.3, -0.25) is 4.57 Å². The van der Waals surface area contributed by atoms with Crippen molar-refractivity contribution in [1.82, 2.24) is 24.1 Å². The maximum Gasteiger partial charge on any atom is 0.192 e. The molecule has 4 rings (SSSR count). The highest BCUT2D eigenvalue weighted by Crippen LogP contribution is 2.27. The van der Waals surface area contributed by atoms with Crippen molar-refractivity contribution in [2.75, 3.05) is 7.11 Å². The van der Waals surface area contributed by atoms with E-state index >= 15 is 0 Å². The summed E-state index contributed by atoms with van der Waals surface area (Å²) < 4.78 is 9.20. The summed E-state index contributed by atoms with van der Waals surface area (Å²) in [6, 6.07) is 11.5. The first-order valence-electron chi connectivity index (χ1n) is 8.62. The molecule has 0 spiro atoms. The molecule has 8 heteroatoms. The summed E-state index contributed by atoms with van der Waals surface area (Å²) in [4.78, 5) is 4.62. The van der Waals surface area contributed by atoms with Gasteiger partial charge in [0.15, 0.2) is 11.0 Å². The zero-order valence-electron chi connectivity index (χ0n) is 15.2. The van der Waals surface area contributed by atoms with Gasteiger partial charge in [0, 0.05) is 30.3 Å². The molecule has 0 saturated carbocycles. The number of ether oxygens (including phenoxy) is 1. The summed E-state index contributed by atoms with van der Waals surface area (Å²) in [6.07, 6.45) is 5.67. The molecule has 3 heterocycles. The third kappa shape index (κ3) is 3.76. The van der Waals surface area contributed by atoms with E-state index in [-0.39, 0.29) is 0 Å². The van der Waals surface area contributed by atoms with Crippen LogP contribution in [0, 0.1) is 0 Å². The van der Waals surface area contributed by atoms with Crippen LogP contribution in [-0.2, 0) is 12.3 Å². The number of hydrogen-bond donors (Lipinski definition) is 0. The van der Waals surface area contributed by atoms with E-state index in [1.54, 1.807) is 18.9 Å². The standard InChI is InChI=1S/C20H18ClN5OS/c1-3-10-26-19(14-4-7-17(27-2)8-5-14)23-24-20(26)28-13-16-12-25-11-15(21)6-9-18(25)22-16/h3-9,11-12H,1,10,13H2,2H3. The lowest BCUT2D eigenvalue weighted by molar-refractivity contribution is 0.415. The Kier molecular flexibility index (Phi) is 5.36. The zero-order chi connectivity index (χ0) is 19.5. The molecule has 3 aromatic heterocycles. The van der Waals surface area contributed by atoms with Crippen molar-refractivity contribution in [3.05, 3.63) is 72.2 Å². The van der Waals surface area contributed by atoms with E-state index in [1.165, 1.54) is 0 Å². The Morgan fingerprint density at radius 3 is 2.71 bits per heavy atom. The fourth-order valence-electron chi connectivity index (χ4n) is 2.87. The number of imidazole rings is 1. The highest BCUT2D eigenvalue weighted by Gasteiger charge is 2.14. The first-order valence-corrected chi connectivity index (χ1v) is 9.99. The van der Waals surface area contributed by atoms with Gasteiger partial charge < -0.3 is 9.14 Å². The average molecular weight is 412 g/mol. The monoisotopic (exact) mass is 411 g/mol. The van der Waals surface area contributed by atoms with Crippen molar-refractivity contribution in [1.29, 1.82) is 0 Å². The second kappa shape index (κ2) is 8.08. The van der Waals surface area contributed by atoms with Crippen LogP contribution in [0.15, 0.2) is 66.6 Å². The van der Waals surface area contributed by atoms with E-state index in [2.05, 4.69) is 21.8 Å². The van der Waals surface area contributed by atoms with Crippen LogP contribution < -0.4 is 4.74 Å². The highest BCUT2D eigenvalue weighted by atomic mass is 35.5. The van der Waals surface area contributed by atoms with Gasteiger partial charge in [-0.2, -0.15) is 0 Å². The number of aromatic nitrogens is 5. The Labute approximate surface area is 171 Å².